The highest BCUT2D eigenvalue weighted by Gasteiger charge is 2.50. The molecule has 50 heavy (non-hydrogen) atoms. The van der Waals surface area contributed by atoms with Crippen LogP contribution in [0.2, 0.25) is 0 Å². The van der Waals surface area contributed by atoms with E-state index in [1.54, 1.807) is 0 Å². The van der Waals surface area contributed by atoms with Crippen LogP contribution in [0.15, 0.2) is 41.5 Å². The van der Waals surface area contributed by atoms with E-state index in [1.165, 1.54) is 38.5 Å². The Morgan fingerprint density at radius 3 is 1.70 bits per heavy atom. The predicted molar refractivity (Wildman–Crippen MR) is 188 cm³/mol. The monoisotopic (exact) mass is 683 g/mol. The van der Waals surface area contributed by atoms with Gasteiger partial charge in [-0.3, -0.25) is 34.2 Å². The van der Waals surface area contributed by atoms with Gasteiger partial charge in [0.05, 0.1) is 31.0 Å². The zero-order chi connectivity index (χ0) is 34.9. The third-order valence-electron chi connectivity index (χ3n) is 10.9. The quantitative estimate of drug-likeness (QED) is 0.162. The molecule has 5 fully saturated rings. The van der Waals surface area contributed by atoms with E-state index in [1.807, 2.05) is 46.2 Å². The molecule has 2 aromatic rings. The minimum absolute atomic E-state index is 0.0691. The van der Waals surface area contributed by atoms with Gasteiger partial charge in [-0.2, -0.15) is 0 Å². The number of hydrogen-bond acceptors (Lipinski definition) is 9. The van der Waals surface area contributed by atoms with Crippen molar-refractivity contribution in [2.45, 2.75) is 58.2 Å². The first-order chi connectivity index (χ1) is 24.2. The van der Waals surface area contributed by atoms with Gasteiger partial charge in [0.1, 0.15) is 5.69 Å². The maximum atomic E-state index is 11.9. The normalized spacial score (nSPS) is 26.6. The van der Waals surface area contributed by atoms with Crippen LogP contribution in [-0.2, 0) is 29.2 Å². The molecular weight excluding hydrogens is 634 g/mol. The SMILES string of the molecule is [N-]=[N+]=NCc1cccc(CN2CCN(CC(=O)O)CCN(Cc3cccc(C#CC45CC6CC(CC(C6)C4)C5)n3)CCN(CC(=O)O)CC2)n1. The first-order valence-electron chi connectivity index (χ1n) is 18.0. The summed E-state index contributed by atoms with van der Waals surface area (Å²) in [5.74, 6) is 7.99. The van der Waals surface area contributed by atoms with Crippen molar-refractivity contribution in [1.82, 2.24) is 29.6 Å². The molecule has 2 aromatic heterocycles. The van der Waals surface area contributed by atoms with Crippen LogP contribution in [0.1, 0.15) is 61.3 Å². The summed E-state index contributed by atoms with van der Waals surface area (Å²) in [4.78, 5) is 44.5. The molecule has 4 saturated carbocycles. The Bertz CT molecular complexity index is 1550. The summed E-state index contributed by atoms with van der Waals surface area (Å²) in [6.07, 6.45) is 7.89. The van der Waals surface area contributed by atoms with Gasteiger partial charge in [-0.05, 0) is 92.0 Å². The van der Waals surface area contributed by atoms with Crippen molar-refractivity contribution in [3.8, 4) is 11.8 Å². The number of rotatable bonds is 10. The van der Waals surface area contributed by atoms with Gasteiger partial charge in [0.2, 0.25) is 0 Å². The first kappa shape index (κ1) is 35.8. The molecule has 13 heteroatoms. The lowest BCUT2D eigenvalue weighted by Crippen LogP contribution is -2.47. The van der Waals surface area contributed by atoms with Crippen molar-refractivity contribution in [1.29, 1.82) is 0 Å². The lowest BCUT2D eigenvalue weighted by molar-refractivity contribution is -0.139. The van der Waals surface area contributed by atoms with E-state index in [0.29, 0.717) is 71.1 Å². The standard InChI is InChI=1S/C37H49N9O4/c38-42-39-23-32-4-2-6-34(41-32)25-44-11-15-45(26-35(47)48)13-9-43(10-14-46(16-12-44)27-36(49)50)24-33-5-1-3-31(40-33)7-8-37-20-28-17-29(21-37)19-30(18-28)22-37/h1-6,28-30H,9-27H2,(H,47,48)(H,49,50). The minimum atomic E-state index is -0.873. The minimum Gasteiger partial charge on any atom is -0.480 e. The van der Waals surface area contributed by atoms with Gasteiger partial charge in [0.25, 0.3) is 0 Å². The third kappa shape index (κ3) is 10.2. The number of aromatic nitrogens is 2. The molecule has 0 aromatic carbocycles. The van der Waals surface area contributed by atoms with Crippen LogP contribution in [0.25, 0.3) is 10.4 Å². The predicted octanol–water partition coefficient (Wildman–Crippen LogP) is 3.95. The molecule has 5 aliphatic rings. The van der Waals surface area contributed by atoms with Gasteiger partial charge in [-0.15, -0.1) is 0 Å². The maximum Gasteiger partial charge on any atom is 0.317 e. The second kappa shape index (κ2) is 16.8. The molecule has 1 saturated heterocycles. The number of hydrogen-bond donors (Lipinski definition) is 2. The smallest absolute Gasteiger partial charge is 0.317 e. The van der Waals surface area contributed by atoms with E-state index in [2.05, 4.69) is 36.7 Å². The van der Waals surface area contributed by atoms with E-state index in [9.17, 15) is 19.8 Å². The Kier molecular flexibility index (Phi) is 12.0. The number of carboxylic acids is 2. The van der Waals surface area contributed by atoms with Crippen molar-refractivity contribution >= 4 is 11.9 Å². The Morgan fingerprint density at radius 2 is 1.20 bits per heavy atom. The third-order valence-corrected chi connectivity index (χ3v) is 10.9. The molecule has 0 atom stereocenters. The highest BCUT2D eigenvalue weighted by Crippen LogP contribution is 2.59. The molecule has 3 heterocycles. The Balaban J connectivity index is 1.14. The molecule has 0 radical (unpaired) electrons. The highest BCUT2D eigenvalue weighted by molar-refractivity contribution is 5.69. The second-order valence-corrected chi connectivity index (χ2v) is 14.9. The Labute approximate surface area is 294 Å². The summed E-state index contributed by atoms with van der Waals surface area (Å²) in [6.45, 7) is 5.65. The molecule has 0 amide bonds. The number of carbonyl (C=O) groups is 2. The Hall–Kier alpha value is -4.05. The van der Waals surface area contributed by atoms with Gasteiger partial charge < -0.3 is 10.2 Å². The topological polar surface area (TPSA) is 162 Å². The van der Waals surface area contributed by atoms with E-state index >= 15 is 0 Å². The molecule has 0 unspecified atom stereocenters. The van der Waals surface area contributed by atoms with Crippen LogP contribution in [0.4, 0.5) is 0 Å². The van der Waals surface area contributed by atoms with Crippen LogP contribution in [0.3, 0.4) is 0 Å². The van der Waals surface area contributed by atoms with Crippen molar-refractivity contribution in [2.24, 2.45) is 28.3 Å². The molecule has 266 valence electrons. The molecule has 0 spiro atoms. The molecule has 4 aliphatic carbocycles. The average molecular weight is 684 g/mol. The van der Waals surface area contributed by atoms with Gasteiger partial charge in [0.15, 0.2) is 0 Å². The van der Waals surface area contributed by atoms with Crippen LogP contribution in [0, 0.1) is 35.0 Å². The van der Waals surface area contributed by atoms with Crippen LogP contribution in [-0.4, -0.2) is 117 Å². The number of azide groups is 1. The fourth-order valence-electron chi connectivity index (χ4n) is 8.96. The zero-order valence-electron chi connectivity index (χ0n) is 28.9. The second-order valence-electron chi connectivity index (χ2n) is 14.9. The lowest BCUT2D eigenvalue weighted by Gasteiger charge is -2.54. The van der Waals surface area contributed by atoms with Crippen molar-refractivity contribution in [3.63, 3.8) is 0 Å². The fraction of sp³-hybridized carbons (Fsp3) is 0.622. The Morgan fingerprint density at radius 1 is 0.740 bits per heavy atom. The summed E-state index contributed by atoms with van der Waals surface area (Å²) in [5, 5.41) is 23.1. The van der Waals surface area contributed by atoms with Gasteiger partial charge in [0, 0.05) is 81.5 Å². The molecular formula is C37H49N9O4. The number of aliphatic carboxylic acids is 2. The van der Waals surface area contributed by atoms with Crippen LogP contribution in [0.5, 0.6) is 0 Å². The average Bonchev–Trinajstić information content (AvgIpc) is 3.07. The van der Waals surface area contributed by atoms with E-state index in [4.69, 9.17) is 10.5 Å². The fourth-order valence-corrected chi connectivity index (χ4v) is 8.96. The highest BCUT2D eigenvalue weighted by atomic mass is 16.4. The van der Waals surface area contributed by atoms with Crippen molar-refractivity contribution in [3.05, 3.63) is 69.6 Å². The lowest BCUT2D eigenvalue weighted by atomic mass is 9.50. The number of nitrogens with zero attached hydrogens (tertiary/aromatic N) is 9. The molecule has 2 N–H and O–H groups in total. The van der Waals surface area contributed by atoms with Gasteiger partial charge in [-0.25, -0.2) is 4.98 Å². The summed E-state index contributed by atoms with van der Waals surface area (Å²) < 4.78 is 0. The zero-order valence-corrected chi connectivity index (χ0v) is 28.9. The summed E-state index contributed by atoms with van der Waals surface area (Å²) in [6, 6.07) is 11.6. The summed E-state index contributed by atoms with van der Waals surface area (Å²) in [7, 11) is 0. The molecule has 7 rings (SSSR count). The van der Waals surface area contributed by atoms with E-state index in [0.717, 1.165) is 34.8 Å². The molecule has 13 nitrogen and oxygen atoms in total. The first-order valence-corrected chi connectivity index (χ1v) is 18.0. The molecule has 4 bridgehead atoms. The van der Waals surface area contributed by atoms with Gasteiger partial charge >= 0.3 is 11.9 Å². The largest absolute Gasteiger partial charge is 0.480 e. The van der Waals surface area contributed by atoms with Gasteiger partial charge in [-0.1, -0.05) is 23.2 Å². The summed E-state index contributed by atoms with van der Waals surface area (Å²) in [5.41, 5.74) is 12.0. The maximum absolute atomic E-state index is 11.9. The molecule has 1 aliphatic heterocycles. The van der Waals surface area contributed by atoms with Crippen LogP contribution >= 0.6 is 0 Å². The van der Waals surface area contributed by atoms with Crippen LogP contribution < -0.4 is 0 Å². The van der Waals surface area contributed by atoms with E-state index in [-0.39, 0.29) is 25.0 Å². The number of pyridine rings is 2. The van der Waals surface area contributed by atoms with E-state index < -0.39 is 11.9 Å². The summed E-state index contributed by atoms with van der Waals surface area (Å²) >= 11 is 0. The van der Waals surface area contributed by atoms with Crippen molar-refractivity contribution < 1.29 is 19.8 Å². The van der Waals surface area contributed by atoms with Crippen molar-refractivity contribution in [2.75, 3.05) is 65.4 Å². The number of carboxylic acid groups (broad SMARTS) is 2.